The maximum Gasteiger partial charge on any atom is 0.247 e. The van der Waals surface area contributed by atoms with Gasteiger partial charge in [-0.15, -0.1) is 10.2 Å². The first kappa shape index (κ1) is 17.1. The lowest BCUT2D eigenvalue weighted by atomic mass is 10.1. The van der Waals surface area contributed by atoms with Crippen LogP contribution in [-0.2, 0) is 11.2 Å². The number of hydrogen-bond acceptors (Lipinski definition) is 5. The van der Waals surface area contributed by atoms with Crippen molar-refractivity contribution in [2.45, 2.75) is 12.5 Å². The van der Waals surface area contributed by atoms with E-state index in [0.717, 1.165) is 11.3 Å². The van der Waals surface area contributed by atoms with Gasteiger partial charge in [0.15, 0.2) is 5.69 Å². The first-order valence-corrected chi connectivity index (χ1v) is 8.15. The molecule has 0 spiro atoms. The van der Waals surface area contributed by atoms with Gasteiger partial charge in [-0.25, -0.2) is 0 Å². The van der Waals surface area contributed by atoms with E-state index >= 15 is 0 Å². The first-order chi connectivity index (χ1) is 12.7. The third-order valence-corrected chi connectivity index (χ3v) is 3.74. The van der Waals surface area contributed by atoms with E-state index in [0.29, 0.717) is 12.2 Å². The van der Waals surface area contributed by atoms with Crippen LogP contribution in [-0.4, -0.2) is 22.1 Å². The third kappa shape index (κ3) is 4.65. The van der Waals surface area contributed by atoms with Crippen molar-refractivity contribution >= 4 is 17.4 Å². The van der Waals surface area contributed by atoms with Gasteiger partial charge in [0.05, 0.1) is 0 Å². The van der Waals surface area contributed by atoms with Crippen molar-refractivity contribution in [1.82, 2.24) is 10.2 Å². The number of aromatic nitrogens is 2. The van der Waals surface area contributed by atoms with E-state index < -0.39 is 6.04 Å². The molecule has 3 aromatic rings. The molecular formula is C20H17N5O. The van der Waals surface area contributed by atoms with Gasteiger partial charge in [-0.3, -0.25) is 4.79 Å². The maximum atomic E-state index is 12.8. The first-order valence-electron chi connectivity index (χ1n) is 8.15. The van der Waals surface area contributed by atoms with Crippen LogP contribution in [0.2, 0.25) is 0 Å². The second-order valence-corrected chi connectivity index (χ2v) is 5.66. The fourth-order valence-electron chi connectivity index (χ4n) is 2.46. The Bertz CT molecular complexity index is 889. The summed E-state index contributed by atoms with van der Waals surface area (Å²) in [5.74, 6) is 0.263. The van der Waals surface area contributed by atoms with Gasteiger partial charge in [0.1, 0.15) is 17.9 Å². The van der Waals surface area contributed by atoms with E-state index in [9.17, 15) is 4.79 Å². The molecule has 26 heavy (non-hydrogen) atoms. The molecule has 0 saturated carbocycles. The highest BCUT2D eigenvalue weighted by atomic mass is 16.2. The summed E-state index contributed by atoms with van der Waals surface area (Å²) in [6.07, 6.45) is 0.487. The molecule has 2 N–H and O–H groups in total. The Morgan fingerprint density at radius 2 is 1.65 bits per heavy atom. The van der Waals surface area contributed by atoms with E-state index in [1.165, 1.54) is 0 Å². The summed E-state index contributed by atoms with van der Waals surface area (Å²) in [4.78, 5) is 12.8. The zero-order valence-electron chi connectivity index (χ0n) is 14.0. The maximum absolute atomic E-state index is 12.8. The molecule has 0 aliphatic rings. The molecule has 0 fully saturated rings. The molecule has 0 aliphatic heterocycles. The Morgan fingerprint density at radius 1 is 0.962 bits per heavy atom. The molecular weight excluding hydrogens is 326 g/mol. The topological polar surface area (TPSA) is 90.7 Å². The van der Waals surface area contributed by atoms with Gasteiger partial charge in [-0.2, -0.15) is 5.26 Å². The highest BCUT2D eigenvalue weighted by Crippen LogP contribution is 2.12. The normalized spacial score (nSPS) is 11.2. The van der Waals surface area contributed by atoms with E-state index in [1.54, 1.807) is 12.1 Å². The molecule has 3 rings (SSSR count). The van der Waals surface area contributed by atoms with Crippen LogP contribution in [0, 0.1) is 11.3 Å². The summed E-state index contributed by atoms with van der Waals surface area (Å²) in [5.41, 5.74) is 1.97. The van der Waals surface area contributed by atoms with Crippen LogP contribution < -0.4 is 10.6 Å². The number of amides is 1. The Labute approximate surface area is 151 Å². The summed E-state index contributed by atoms with van der Waals surface area (Å²) < 4.78 is 0. The highest BCUT2D eigenvalue weighted by molar-refractivity contribution is 5.96. The number of carbonyl (C=O) groups is 1. The van der Waals surface area contributed by atoms with Crippen molar-refractivity contribution in [3.05, 3.63) is 84.1 Å². The lowest BCUT2D eigenvalue weighted by Gasteiger charge is -2.19. The molecule has 0 radical (unpaired) electrons. The summed E-state index contributed by atoms with van der Waals surface area (Å²) >= 11 is 0. The molecule has 0 bridgehead atoms. The number of rotatable bonds is 6. The minimum Gasteiger partial charge on any atom is -0.357 e. The van der Waals surface area contributed by atoms with Gasteiger partial charge in [0.2, 0.25) is 5.91 Å². The number of para-hydroxylation sites is 1. The number of nitrogens with one attached hydrogen (secondary N) is 2. The smallest absolute Gasteiger partial charge is 0.247 e. The Kier molecular flexibility index (Phi) is 5.53. The van der Waals surface area contributed by atoms with Gasteiger partial charge in [0.25, 0.3) is 0 Å². The van der Waals surface area contributed by atoms with Crippen LogP contribution in [0.3, 0.4) is 0 Å². The van der Waals surface area contributed by atoms with Crippen molar-refractivity contribution in [2.24, 2.45) is 0 Å². The lowest BCUT2D eigenvalue weighted by molar-refractivity contribution is -0.116. The van der Waals surface area contributed by atoms with Crippen LogP contribution in [0.4, 0.5) is 11.5 Å². The molecule has 0 saturated heterocycles. The SMILES string of the molecule is N#Cc1ccc(N[C@H](Cc2ccccc2)C(=O)Nc2ccccc2)nn1. The van der Waals surface area contributed by atoms with Gasteiger partial charge >= 0.3 is 0 Å². The van der Waals surface area contributed by atoms with Crippen molar-refractivity contribution in [3.8, 4) is 6.07 Å². The number of carbonyl (C=O) groups excluding carboxylic acids is 1. The average molecular weight is 343 g/mol. The minimum atomic E-state index is -0.542. The largest absolute Gasteiger partial charge is 0.357 e. The number of hydrogen-bond donors (Lipinski definition) is 2. The predicted octanol–water partition coefficient (Wildman–Crippen LogP) is 3.01. The molecule has 2 aromatic carbocycles. The average Bonchev–Trinajstić information content (AvgIpc) is 2.69. The number of nitriles is 1. The summed E-state index contributed by atoms with van der Waals surface area (Å²) in [5, 5.41) is 22.6. The lowest BCUT2D eigenvalue weighted by Crippen LogP contribution is -2.37. The quantitative estimate of drug-likeness (QED) is 0.718. The zero-order chi connectivity index (χ0) is 18.2. The minimum absolute atomic E-state index is 0.175. The fourth-order valence-corrected chi connectivity index (χ4v) is 2.46. The fraction of sp³-hybridized carbons (Fsp3) is 0.100. The highest BCUT2D eigenvalue weighted by Gasteiger charge is 2.20. The van der Waals surface area contributed by atoms with Crippen LogP contribution >= 0.6 is 0 Å². The second kappa shape index (κ2) is 8.40. The molecule has 6 heteroatoms. The second-order valence-electron chi connectivity index (χ2n) is 5.66. The van der Waals surface area contributed by atoms with E-state index in [2.05, 4.69) is 20.8 Å². The standard InChI is InChI=1S/C20H17N5O/c21-14-17-11-12-19(25-24-17)23-18(13-15-7-3-1-4-8-15)20(26)22-16-9-5-2-6-10-16/h1-12,18H,13H2,(H,22,26)(H,23,25)/t18-/m1/s1. The van der Waals surface area contributed by atoms with Gasteiger partial charge < -0.3 is 10.6 Å². The summed E-state index contributed by atoms with van der Waals surface area (Å²) in [6, 6.07) is 23.6. The van der Waals surface area contributed by atoms with Gasteiger partial charge in [-0.05, 0) is 29.8 Å². The van der Waals surface area contributed by atoms with Gasteiger partial charge in [0, 0.05) is 12.1 Å². The summed E-state index contributed by atoms with van der Waals surface area (Å²) in [6.45, 7) is 0. The Balaban J connectivity index is 1.78. The zero-order valence-corrected chi connectivity index (χ0v) is 14.0. The van der Waals surface area contributed by atoms with Crippen molar-refractivity contribution < 1.29 is 4.79 Å². The Hall–Kier alpha value is -3.72. The molecule has 1 heterocycles. The molecule has 0 unspecified atom stereocenters. The predicted molar refractivity (Wildman–Crippen MR) is 99.4 cm³/mol. The van der Waals surface area contributed by atoms with Crippen LogP contribution in [0.25, 0.3) is 0 Å². The van der Waals surface area contributed by atoms with Crippen molar-refractivity contribution in [2.75, 3.05) is 10.6 Å². The van der Waals surface area contributed by atoms with Crippen LogP contribution in [0.15, 0.2) is 72.8 Å². The molecule has 128 valence electrons. The summed E-state index contributed by atoms with van der Waals surface area (Å²) in [7, 11) is 0. The van der Waals surface area contributed by atoms with Crippen molar-refractivity contribution in [1.29, 1.82) is 5.26 Å². The number of anilines is 2. The van der Waals surface area contributed by atoms with Crippen LogP contribution in [0.5, 0.6) is 0 Å². The third-order valence-electron chi connectivity index (χ3n) is 3.74. The van der Waals surface area contributed by atoms with Crippen LogP contribution in [0.1, 0.15) is 11.3 Å². The van der Waals surface area contributed by atoms with E-state index in [4.69, 9.17) is 5.26 Å². The number of nitrogens with zero attached hydrogens (tertiary/aromatic N) is 3. The number of benzene rings is 2. The molecule has 1 atom stereocenters. The monoisotopic (exact) mass is 343 g/mol. The van der Waals surface area contributed by atoms with E-state index in [1.807, 2.05) is 66.7 Å². The van der Waals surface area contributed by atoms with E-state index in [-0.39, 0.29) is 11.6 Å². The van der Waals surface area contributed by atoms with Crippen molar-refractivity contribution in [3.63, 3.8) is 0 Å². The molecule has 0 aliphatic carbocycles. The molecule has 6 nitrogen and oxygen atoms in total. The van der Waals surface area contributed by atoms with Gasteiger partial charge in [-0.1, -0.05) is 48.5 Å². The Morgan fingerprint density at radius 3 is 2.27 bits per heavy atom. The molecule has 1 aromatic heterocycles. The molecule has 1 amide bonds.